The highest BCUT2D eigenvalue weighted by molar-refractivity contribution is 9.10. The van der Waals surface area contributed by atoms with Gasteiger partial charge in [-0.15, -0.1) is 0 Å². The lowest BCUT2D eigenvalue weighted by molar-refractivity contribution is -0.137. The van der Waals surface area contributed by atoms with Crippen LogP contribution in [0, 0.1) is 0 Å². The SMILES string of the molecule is CCOc1c(Br)cc(Cl)cc1NC(C)C(=O)O. The number of aliphatic carboxylic acids is 1. The van der Waals surface area contributed by atoms with Crippen LogP contribution in [0.1, 0.15) is 13.8 Å². The summed E-state index contributed by atoms with van der Waals surface area (Å²) in [6.45, 7) is 3.88. The van der Waals surface area contributed by atoms with E-state index < -0.39 is 12.0 Å². The molecule has 0 aliphatic carbocycles. The Morgan fingerprint density at radius 2 is 2.29 bits per heavy atom. The van der Waals surface area contributed by atoms with Gasteiger partial charge in [0.15, 0.2) is 5.75 Å². The van der Waals surface area contributed by atoms with Crippen molar-refractivity contribution < 1.29 is 14.6 Å². The van der Waals surface area contributed by atoms with Crippen molar-refractivity contribution in [1.29, 1.82) is 0 Å². The Morgan fingerprint density at radius 3 is 2.82 bits per heavy atom. The summed E-state index contributed by atoms with van der Waals surface area (Å²) in [5, 5.41) is 12.2. The second-order valence-corrected chi connectivity index (χ2v) is 4.69. The van der Waals surface area contributed by atoms with Gasteiger partial charge in [0.05, 0.1) is 16.8 Å². The van der Waals surface area contributed by atoms with Crippen LogP contribution in [0.4, 0.5) is 5.69 Å². The maximum absolute atomic E-state index is 10.8. The van der Waals surface area contributed by atoms with Gasteiger partial charge in [-0.2, -0.15) is 0 Å². The summed E-state index contributed by atoms with van der Waals surface area (Å²) in [5.74, 6) is -0.381. The van der Waals surface area contributed by atoms with E-state index in [4.69, 9.17) is 21.4 Å². The molecule has 0 radical (unpaired) electrons. The van der Waals surface area contributed by atoms with E-state index in [0.717, 1.165) is 0 Å². The quantitative estimate of drug-likeness (QED) is 0.872. The molecular weight excluding hydrogens is 309 g/mol. The summed E-state index contributed by atoms with van der Waals surface area (Å²) in [6.07, 6.45) is 0. The number of carboxylic acid groups (broad SMARTS) is 1. The van der Waals surface area contributed by atoms with E-state index in [1.807, 2.05) is 6.92 Å². The molecule has 2 N–H and O–H groups in total. The van der Waals surface area contributed by atoms with E-state index in [1.165, 1.54) is 0 Å². The van der Waals surface area contributed by atoms with Crippen LogP contribution in [0.2, 0.25) is 5.02 Å². The van der Waals surface area contributed by atoms with Gasteiger partial charge >= 0.3 is 5.97 Å². The fraction of sp³-hybridized carbons (Fsp3) is 0.364. The number of rotatable bonds is 5. The number of carboxylic acids is 1. The van der Waals surface area contributed by atoms with Crippen molar-refractivity contribution in [2.75, 3.05) is 11.9 Å². The predicted molar refractivity (Wildman–Crippen MR) is 71.0 cm³/mol. The number of carbonyl (C=O) groups is 1. The van der Waals surface area contributed by atoms with Crippen molar-refractivity contribution in [3.8, 4) is 5.75 Å². The molecule has 0 saturated carbocycles. The lowest BCUT2D eigenvalue weighted by Gasteiger charge is -2.16. The van der Waals surface area contributed by atoms with Crippen LogP contribution >= 0.6 is 27.5 Å². The van der Waals surface area contributed by atoms with Crippen LogP contribution in [-0.4, -0.2) is 23.7 Å². The molecule has 17 heavy (non-hydrogen) atoms. The molecule has 1 aromatic rings. The number of nitrogens with one attached hydrogen (secondary N) is 1. The molecule has 0 aliphatic rings. The summed E-state index contributed by atoms with van der Waals surface area (Å²) < 4.78 is 6.13. The fourth-order valence-electron chi connectivity index (χ4n) is 1.25. The van der Waals surface area contributed by atoms with Gasteiger partial charge in [0.2, 0.25) is 0 Å². The normalized spacial score (nSPS) is 12.0. The zero-order chi connectivity index (χ0) is 13.0. The minimum Gasteiger partial charge on any atom is -0.491 e. The van der Waals surface area contributed by atoms with E-state index in [1.54, 1.807) is 19.1 Å². The minimum absolute atomic E-state index is 0.483. The van der Waals surface area contributed by atoms with Gasteiger partial charge in [0, 0.05) is 5.02 Å². The zero-order valence-corrected chi connectivity index (χ0v) is 11.8. The van der Waals surface area contributed by atoms with Crippen LogP contribution in [-0.2, 0) is 4.79 Å². The molecule has 0 saturated heterocycles. The molecule has 0 heterocycles. The standard InChI is InChI=1S/C11H13BrClNO3/c1-3-17-10-8(12)4-7(13)5-9(10)14-6(2)11(15)16/h4-6,14H,3H2,1-2H3,(H,15,16). The van der Waals surface area contributed by atoms with Gasteiger partial charge < -0.3 is 15.2 Å². The van der Waals surface area contributed by atoms with Crippen molar-refractivity contribution in [2.45, 2.75) is 19.9 Å². The zero-order valence-electron chi connectivity index (χ0n) is 9.46. The van der Waals surface area contributed by atoms with E-state index in [9.17, 15) is 4.79 Å². The molecule has 0 amide bonds. The van der Waals surface area contributed by atoms with Gasteiger partial charge in [0.1, 0.15) is 6.04 Å². The summed E-state index contributed by atoms with van der Waals surface area (Å²) in [4.78, 5) is 10.8. The van der Waals surface area contributed by atoms with Crippen LogP contribution in [0.25, 0.3) is 0 Å². The van der Waals surface area contributed by atoms with Crippen molar-refractivity contribution in [2.24, 2.45) is 0 Å². The number of halogens is 2. The number of hydrogen-bond donors (Lipinski definition) is 2. The van der Waals surface area contributed by atoms with E-state index >= 15 is 0 Å². The molecule has 1 unspecified atom stereocenters. The molecule has 0 bridgehead atoms. The topological polar surface area (TPSA) is 58.6 Å². The lowest BCUT2D eigenvalue weighted by Crippen LogP contribution is -2.25. The molecule has 0 aliphatic heterocycles. The van der Waals surface area contributed by atoms with Gasteiger partial charge in [0.25, 0.3) is 0 Å². The first-order chi connectivity index (χ1) is 7.95. The smallest absolute Gasteiger partial charge is 0.325 e. The highest BCUT2D eigenvalue weighted by Gasteiger charge is 2.15. The molecule has 0 spiro atoms. The largest absolute Gasteiger partial charge is 0.491 e. The maximum Gasteiger partial charge on any atom is 0.325 e. The van der Waals surface area contributed by atoms with Gasteiger partial charge in [-0.3, -0.25) is 4.79 Å². The Morgan fingerprint density at radius 1 is 1.65 bits per heavy atom. The van der Waals surface area contributed by atoms with E-state index in [2.05, 4.69) is 21.2 Å². The molecule has 94 valence electrons. The van der Waals surface area contributed by atoms with Crippen LogP contribution in [0.15, 0.2) is 16.6 Å². The molecule has 1 aromatic carbocycles. The Labute approximate surface area is 113 Å². The van der Waals surface area contributed by atoms with Gasteiger partial charge in [-0.1, -0.05) is 11.6 Å². The van der Waals surface area contributed by atoms with Crippen molar-refractivity contribution >= 4 is 39.2 Å². The third-order valence-corrected chi connectivity index (χ3v) is 2.85. The van der Waals surface area contributed by atoms with Gasteiger partial charge in [-0.25, -0.2) is 0 Å². The highest BCUT2D eigenvalue weighted by atomic mass is 79.9. The molecule has 1 rings (SSSR count). The summed E-state index contributed by atoms with van der Waals surface area (Å²) in [7, 11) is 0. The average Bonchev–Trinajstić information content (AvgIpc) is 2.22. The second kappa shape index (κ2) is 6.12. The lowest BCUT2D eigenvalue weighted by atomic mass is 10.2. The summed E-state index contributed by atoms with van der Waals surface area (Å²) >= 11 is 9.24. The third kappa shape index (κ3) is 3.78. The molecule has 4 nitrogen and oxygen atoms in total. The van der Waals surface area contributed by atoms with E-state index in [0.29, 0.717) is 27.5 Å². The minimum atomic E-state index is -0.941. The Bertz CT molecular complexity index is 425. The van der Waals surface area contributed by atoms with Crippen molar-refractivity contribution in [3.63, 3.8) is 0 Å². The van der Waals surface area contributed by atoms with E-state index in [-0.39, 0.29) is 0 Å². The summed E-state index contributed by atoms with van der Waals surface area (Å²) in [5.41, 5.74) is 0.557. The fourth-order valence-corrected chi connectivity index (χ4v) is 2.18. The van der Waals surface area contributed by atoms with Crippen molar-refractivity contribution in [3.05, 3.63) is 21.6 Å². The molecule has 0 fully saturated rings. The first kappa shape index (κ1) is 14.1. The highest BCUT2D eigenvalue weighted by Crippen LogP contribution is 2.36. The molecule has 0 aromatic heterocycles. The second-order valence-electron chi connectivity index (χ2n) is 3.40. The van der Waals surface area contributed by atoms with Gasteiger partial charge in [-0.05, 0) is 41.9 Å². The Kier molecular flexibility index (Phi) is 5.08. The maximum atomic E-state index is 10.8. The van der Waals surface area contributed by atoms with Crippen LogP contribution < -0.4 is 10.1 Å². The predicted octanol–water partition coefficient (Wildman–Crippen LogP) is 3.39. The summed E-state index contributed by atoms with van der Waals surface area (Å²) in [6, 6.07) is 2.61. The number of hydrogen-bond acceptors (Lipinski definition) is 3. The number of benzene rings is 1. The van der Waals surface area contributed by atoms with Crippen LogP contribution in [0.3, 0.4) is 0 Å². The number of ether oxygens (including phenoxy) is 1. The Hall–Kier alpha value is -0.940. The Balaban J connectivity index is 3.07. The average molecular weight is 323 g/mol. The van der Waals surface area contributed by atoms with Crippen molar-refractivity contribution in [1.82, 2.24) is 0 Å². The molecular formula is C11H13BrClNO3. The molecule has 1 atom stereocenters. The number of anilines is 1. The monoisotopic (exact) mass is 321 g/mol. The molecule has 6 heteroatoms. The van der Waals surface area contributed by atoms with Crippen LogP contribution in [0.5, 0.6) is 5.75 Å². The first-order valence-corrected chi connectivity index (χ1v) is 6.24. The third-order valence-electron chi connectivity index (χ3n) is 2.04. The first-order valence-electron chi connectivity index (χ1n) is 5.07.